The van der Waals surface area contributed by atoms with Crippen LogP contribution in [-0.2, 0) is 14.3 Å². The molecule has 1 aromatic rings. The third-order valence-electron chi connectivity index (χ3n) is 1.87. The molecule has 0 unspecified atom stereocenters. The van der Waals surface area contributed by atoms with E-state index in [0.29, 0.717) is 11.1 Å². The van der Waals surface area contributed by atoms with E-state index in [4.69, 9.17) is 4.74 Å². The predicted octanol–water partition coefficient (Wildman–Crippen LogP) is 1.22. The molecule has 0 amide bonds. The standard InChI is InChI=1S/C14H14O3Se/c1-2-17-14(16)10-6-9-13(11-15)18-12-7-4-3-5-8-12/h3-11H,2H2,1H3/b10-6+,13-9-. The van der Waals surface area contributed by atoms with Gasteiger partial charge < -0.3 is 0 Å². The molecule has 0 heterocycles. The number of aldehydes is 1. The van der Waals surface area contributed by atoms with E-state index in [2.05, 4.69) is 0 Å². The van der Waals surface area contributed by atoms with Gasteiger partial charge in [0.2, 0.25) is 0 Å². The van der Waals surface area contributed by atoms with Crippen molar-refractivity contribution in [3.05, 3.63) is 53.0 Å². The minimum atomic E-state index is -0.397. The molecule has 0 saturated heterocycles. The van der Waals surface area contributed by atoms with Crippen LogP contribution in [0.25, 0.3) is 0 Å². The van der Waals surface area contributed by atoms with Crippen molar-refractivity contribution >= 4 is 31.7 Å². The summed E-state index contributed by atoms with van der Waals surface area (Å²) in [6.45, 7) is 2.10. The summed E-state index contributed by atoms with van der Waals surface area (Å²) in [5.41, 5.74) is 0. The Balaban J connectivity index is 2.61. The molecule has 0 aliphatic rings. The predicted molar refractivity (Wildman–Crippen MR) is 71.8 cm³/mol. The van der Waals surface area contributed by atoms with Gasteiger partial charge in [-0.1, -0.05) is 0 Å². The van der Waals surface area contributed by atoms with Gasteiger partial charge in [0.05, 0.1) is 0 Å². The second kappa shape index (κ2) is 8.45. The molecule has 1 rings (SSSR count). The molecule has 0 fully saturated rings. The quantitative estimate of drug-likeness (QED) is 0.261. The van der Waals surface area contributed by atoms with Crippen LogP contribution in [0.1, 0.15) is 6.92 Å². The van der Waals surface area contributed by atoms with Crippen LogP contribution in [0.3, 0.4) is 0 Å². The van der Waals surface area contributed by atoms with Crippen LogP contribution in [0, 0.1) is 0 Å². The van der Waals surface area contributed by atoms with Crippen molar-refractivity contribution in [1.29, 1.82) is 0 Å². The van der Waals surface area contributed by atoms with Crippen molar-refractivity contribution in [1.82, 2.24) is 0 Å². The van der Waals surface area contributed by atoms with Gasteiger partial charge in [-0.05, 0) is 0 Å². The number of carbonyl (C=O) groups is 2. The molecule has 1 aromatic carbocycles. The number of benzene rings is 1. The second-order valence-electron chi connectivity index (χ2n) is 3.21. The molecule has 0 N–H and O–H groups in total. The molecule has 0 atom stereocenters. The SMILES string of the molecule is CCOC(=O)/C=C/C=C(/C=O)[Se]c1ccccc1. The Bertz CT molecular complexity index is 449. The number of esters is 1. The first-order valence-electron chi connectivity index (χ1n) is 5.49. The first kappa shape index (κ1) is 14.4. The second-order valence-corrected chi connectivity index (χ2v) is 5.62. The summed E-state index contributed by atoms with van der Waals surface area (Å²) in [6, 6.07) is 9.77. The van der Waals surface area contributed by atoms with Crippen LogP contribution in [0.2, 0.25) is 0 Å². The first-order chi connectivity index (χ1) is 8.76. The molecular weight excluding hydrogens is 295 g/mol. The van der Waals surface area contributed by atoms with Crippen LogP contribution < -0.4 is 4.46 Å². The third-order valence-corrected chi connectivity index (χ3v) is 3.92. The molecule has 18 heavy (non-hydrogen) atoms. The summed E-state index contributed by atoms with van der Waals surface area (Å²) in [7, 11) is 0. The minimum absolute atomic E-state index is 0.0397. The third kappa shape index (κ3) is 5.62. The number of rotatable bonds is 6. The average molecular weight is 309 g/mol. The number of carbonyl (C=O) groups excluding carboxylic acids is 2. The van der Waals surface area contributed by atoms with Gasteiger partial charge in [-0.15, -0.1) is 0 Å². The Hall–Kier alpha value is -1.64. The van der Waals surface area contributed by atoms with E-state index in [0.717, 1.165) is 10.7 Å². The molecule has 94 valence electrons. The van der Waals surface area contributed by atoms with E-state index < -0.39 is 5.97 Å². The molecule has 0 aromatic heterocycles. The van der Waals surface area contributed by atoms with Gasteiger partial charge in [-0.3, -0.25) is 0 Å². The zero-order valence-corrected chi connectivity index (χ0v) is 11.7. The summed E-state index contributed by atoms with van der Waals surface area (Å²) < 4.78 is 6.53. The van der Waals surface area contributed by atoms with E-state index >= 15 is 0 Å². The van der Waals surface area contributed by atoms with Crippen molar-refractivity contribution in [2.75, 3.05) is 6.61 Å². The molecule has 0 saturated carbocycles. The molecule has 4 heteroatoms. The monoisotopic (exact) mass is 310 g/mol. The van der Waals surface area contributed by atoms with E-state index in [9.17, 15) is 9.59 Å². The zero-order valence-electron chi connectivity index (χ0n) is 10.0. The normalized spacial score (nSPS) is 11.5. The van der Waals surface area contributed by atoms with Crippen molar-refractivity contribution < 1.29 is 14.3 Å². The molecular formula is C14H14O3Se. The summed E-state index contributed by atoms with van der Waals surface area (Å²) in [4.78, 5) is 22.0. The Morgan fingerprint density at radius 3 is 2.67 bits per heavy atom. The molecule has 0 spiro atoms. The summed E-state index contributed by atoms with van der Waals surface area (Å²) >= 11 is -0.0397. The van der Waals surface area contributed by atoms with Gasteiger partial charge in [0.15, 0.2) is 0 Å². The van der Waals surface area contributed by atoms with Gasteiger partial charge in [-0.2, -0.15) is 0 Å². The van der Waals surface area contributed by atoms with E-state index in [1.165, 1.54) is 6.08 Å². The van der Waals surface area contributed by atoms with Gasteiger partial charge in [0.25, 0.3) is 0 Å². The zero-order chi connectivity index (χ0) is 13.2. The number of allylic oxidation sites excluding steroid dienone is 3. The summed E-state index contributed by atoms with van der Waals surface area (Å²) in [6.07, 6.45) is 5.33. The summed E-state index contributed by atoms with van der Waals surface area (Å²) in [5, 5.41) is 0. The fourth-order valence-corrected chi connectivity index (χ4v) is 2.73. The van der Waals surface area contributed by atoms with Gasteiger partial charge in [0.1, 0.15) is 0 Å². The maximum absolute atomic E-state index is 11.0. The summed E-state index contributed by atoms with van der Waals surface area (Å²) in [5.74, 6) is -0.397. The fraction of sp³-hybridized carbons (Fsp3) is 0.143. The molecule has 0 radical (unpaired) electrons. The molecule has 0 aliphatic heterocycles. The van der Waals surface area contributed by atoms with Crippen LogP contribution in [0.15, 0.2) is 53.0 Å². The van der Waals surface area contributed by atoms with E-state index in [1.54, 1.807) is 19.1 Å². The number of hydrogen-bond donors (Lipinski definition) is 0. The van der Waals surface area contributed by atoms with Gasteiger partial charge in [0, 0.05) is 0 Å². The van der Waals surface area contributed by atoms with Crippen LogP contribution in [-0.4, -0.2) is 33.8 Å². The van der Waals surface area contributed by atoms with Crippen LogP contribution in [0.5, 0.6) is 0 Å². The Morgan fingerprint density at radius 2 is 2.06 bits per heavy atom. The van der Waals surface area contributed by atoms with E-state index in [1.807, 2.05) is 30.3 Å². The maximum atomic E-state index is 11.0. The number of ether oxygens (including phenoxy) is 1. The molecule has 0 aliphatic carbocycles. The van der Waals surface area contributed by atoms with Crippen LogP contribution in [0.4, 0.5) is 0 Å². The van der Waals surface area contributed by atoms with Gasteiger partial charge in [-0.25, -0.2) is 0 Å². The molecule has 0 bridgehead atoms. The Kier molecular flexibility index (Phi) is 6.77. The molecule has 3 nitrogen and oxygen atoms in total. The van der Waals surface area contributed by atoms with Gasteiger partial charge >= 0.3 is 113 Å². The van der Waals surface area contributed by atoms with Crippen LogP contribution >= 0.6 is 0 Å². The topological polar surface area (TPSA) is 43.4 Å². The van der Waals surface area contributed by atoms with Crippen molar-refractivity contribution in [3.63, 3.8) is 0 Å². The van der Waals surface area contributed by atoms with Crippen molar-refractivity contribution in [3.8, 4) is 0 Å². The average Bonchev–Trinajstić information content (AvgIpc) is 2.39. The Labute approximate surface area is 113 Å². The Morgan fingerprint density at radius 1 is 1.33 bits per heavy atom. The van der Waals surface area contributed by atoms with Crippen molar-refractivity contribution in [2.45, 2.75) is 6.92 Å². The van der Waals surface area contributed by atoms with Crippen molar-refractivity contribution in [2.24, 2.45) is 0 Å². The number of hydrogen-bond acceptors (Lipinski definition) is 3. The fourth-order valence-electron chi connectivity index (χ4n) is 1.13. The van der Waals surface area contributed by atoms with E-state index in [-0.39, 0.29) is 15.0 Å². The first-order valence-corrected chi connectivity index (χ1v) is 7.20.